The predicted octanol–water partition coefficient (Wildman–Crippen LogP) is 1.07. The van der Waals surface area contributed by atoms with E-state index >= 15 is 0 Å². The van der Waals surface area contributed by atoms with Gasteiger partial charge in [-0.3, -0.25) is 9.69 Å². The summed E-state index contributed by atoms with van der Waals surface area (Å²) >= 11 is 0. The molecule has 2 N–H and O–H groups in total. The first-order valence-electron chi connectivity index (χ1n) is 6.65. The Hall–Kier alpha value is -0.820. The van der Waals surface area contributed by atoms with E-state index in [2.05, 4.69) is 0 Å². The highest BCUT2D eigenvalue weighted by Gasteiger charge is 2.33. The van der Waals surface area contributed by atoms with Crippen LogP contribution in [-0.2, 0) is 4.79 Å². The molecule has 112 valence electrons. The molecule has 1 saturated heterocycles. The van der Waals surface area contributed by atoms with Gasteiger partial charge in [-0.2, -0.15) is 13.2 Å². The summed E-state index contributed by atoms with van der Waals surface area (Å²) in [5, 5.41) is 0. The molecule has 0 spiro atoms. The maximum atomic E-state index is 12.2. The van der Waals surface area contributed by atoms with Gasteiger partial charge in [0, 0.05) is 32.7 Å². The molecule has 1 amide bonds. The van der Waals surface area contributed by atoms with Gasteiger partial charge < -0.3 is 10.6 Å². The summed E-state index contributed by atoms with van der Waals surface area (Å²) in [7, 11) is 0. The number of piperazine rings is 1. The van der Waals surface area contributed by atoms with Gasteiger partial charge in [-0.25, -0.2) is 0 Å². The lowest BCUT2D eigenvalue weighted by atomic mass is 10.0. The Bertz CT molecular complexity index is 288. The monoisotopic (exact) mass is 281 g/mol. The van der Waals surface area contributed by atoms with Crippen LogP contribution in [0, 0.1) is 5.92 Å². The minimum absolute atomic E-state index is 0.0176. The standard InChI is InChI=1S/C12H22F3N3O/c1-2-3-10(8-16)11(19)18-6-4-17(5-7-18)9-12(13,14)15/h10H,2-9,16H2,1H3. The molecular formula is C12H22F3N3O. The molecule has 4 nitrogen and oxygen atoms in total. The lowest BCUT2D eigenvalue weighted by molar-refractivity contribution is -0.152. The SMILES string of the molecule is CCCC(CN)C(=O)N1CCN(CC(F)(F)F)CC1. The van der Waals surface area contributed by atoms with E-state index in [1.807, 2.05) is 6.92 Å². The maximum absolute atomic E-state index is 12.2. The number of amides is 1. The van der Waals surface area contributed by atoms with Gasteiger partial charge in [0.25, 0.3) is 0 Å². The maximum Gasteiger partial charge on any atom is 0.401 e. The summed E-state index contributed by atoms with van der Waals surface area (Å²) in [5.41, 5.74) is 5.57. The number of hydrogen-bond acceptors (Lipinski definition) is 3. The summed E-state index contributed by atoms with van der Waals surface area (Å²) < 4.78 is 36.7. The summed E-state index contributed by atoms with van der Waals surface area (Å²) in [5.74, 6) is -0.213. The lowest BCUT2D eigenvalue weighted by Crippen LogP contribution is -2.52. The molecule has 1 fully saturated rings. The summed E-state index contributed by atoms with van der Waals surface area (Å²) in [6, 6.07) is 0. The number of alkyl halides is 3. The van der Waals surface area contributed by atoms with Crippen LogP contribution in [0.3, 0.4) is 0 Å². The number of carbonyl (C=O) groups excluding carboxylic acids is 1. The topological polar surface area (TPSA) is 49.6 Å². The largest absolute Gasteiger partial charge is 0.401 e. The predicted molar refractivity (Wildman–Crippen MR) is 66.5 cm³/mol. The third-order valence-electron chi connectivity index (χ3n) is 3.36. The van der Waals surface area contributed by atoms with Crippen molar-refractivity contribution in [1.82, 2.24) is 9.80 Å². The van der Waals surface area contributed by atoms with Gasteiger partial charge in [-0.15, -0.1) is 0 Å². The first-order valence-corrected chi connectivity index (χ1v) is 6.65. The van der Waals surface area contributed by atoms with Crippen LogP contribution in [-0.4, -0.2) is 61.2 Å². The van der Waals surface area contributed by atoms with Crippen LogP contribution in [0.25, 0.3) is 0 Å². The number of halogens is 3. The zero-order valence-corrected chi connectivity index (χ0v) is 11.2. The van der Waals surface area contributed by atoms with E-state index in [1.54, 1.807) is 4.90 Å². The Balaban J connectivity index is 2.42. The molecule has 7 heteroatoms. The smallest absolute Gasteiger partial charge is 0.340 e. The van der Waals surface area contributed by atoms with Crippen LogP contribution in [0.2, 0.25) is 0 Å². The van der Waals surface area contributed by atoms with Crippen LogP contribution >= 0.6 is 0 Å². The van der Waals surface area contributed by atoms with Crippen LogP contribution in [0.5, 0.6) is 0 Å². The Morgan fingerprint density at radius 3 is 2.26 bits per heavy atom. The van der Waals surface area contributed by atoms with Gasteiger partial charge in [-0.05, 0) is 6.42 Å². The minimum Gasteiger partial charge on any atom is -0.340 e. The number of hydrogen-bond donors (Lipinski definition) is 1. The van der Waals surface area contributed by atoms with Crippen molar-refractivity contribution in [1.29, 1.82) is 0 Å². The van der Waals surface area contributed by atoms with Gasteiger partial charge in [0.05, 0.1) is 12.5 Å². The fourth-order valence-electron chi connectivity index (χ4n) is 2.33. The van der Waals surface area contributed by atoms with E-state index in [1.165, 1.54) is 4.90 Å². The van der Waals surface area contributed by atoms with Gasteiger partial charge in [-0.1, -0.05) is 13.3 Å². The van der Waals surface area contributed by atoms with Crippen molar-refractivity contribution in [3.63, 3.8) is 0 Å². The Morgan fingerprint density at radius 1 is 1.26 bits per heavy atom. The molecule has 0 aromatic carbocycles. The molecule has 1 rings (SSSR count). The highest BCUT2D eigenvalue weighted by atomic mass is 19.4. The van der Waals surface area contributed by atoms with E-state index in [9.17, 15) is 18.0 Å². The van der Waals surface area contributed by atoms with Crippen molar-refractivity contribution < 1.29 is 18.0 Å². The minimum atomic E-state index is -4.17. The second kappa shape index (κ2) is 7.09. The molecule has 0 radical (unpaired) electrons. The first kappa shape index (κ1) is 16.2. The zero-order valence-electron chi connectivity index (χ0n) is 11.2. The third kappa shape index (κ3) is 5.36. The van der Waals surface area contributed by atoms with E-state index < -0.39 is 12.7 Å². The molecule has 1 heterocycles. The summed E-state index contributed by atoms with van der Waals surface area (Å²) in [6.07, 6.45) is -2.56. The number of nitrogens with zero attached hydrogens (tertiary/aromatic N) is 2. The van der Waals surface area contributed by atoms with Gasteiger partial charge in [0.15, 0.2) is 0 Å². The fourth-order valence-corrected chi connectivity index (χ4v) is 2.33. The molecule has 19 heavy (non-hydrogen) atoms. The number of nitrogens with two attached hydrogens (primary N) is 1. The van der Waals surface area contributed by atoms with Crippen molar-refractivity contribution in [3.05, 3.63) is 0 Å². The highest BCUT2D eigenvalue weighted by molar-refractivity contribution is 5.79. The van der Waals surface area contributed by atoms with Crippen molar-refractivity contribution in [3.8, 4) is 0 Å². The molecule has 1 atom stereocenters. The van der Waals surface area contributed by atoms with Crippen molar-refractivity contribution in [2.24, 2.45) is 11.7 Å². The van der Waals surface area contributed by atoms with Crippen molar-refractivity contribution in [2.45, 2.75) is 25.9 Å². The second-order valence-electron chi connectivity index (χ2n) is 4.94. The summed E-state index contributed by atoms with van der Waals surface area (Å²) in [6.45, 7) is 2.64. The van der Waals surface area contributed by atoms with E-state index in [-0.39, 0.29) is 24.9 Å². The fraction of sp³-hybridized carbons (Fsp3) is 0.917. The quantitative estimate of drug-likeness (QED) is 0.820. The molecule has 1 aliphatic rings. The molecule has 1 aliphatic heterocycles. The van der Waals surface area contributed by atoms with Crippen LogP contribution in [0.15, 0.2) is 0 Å². The van der Waals surface area contributed by atoms with Crippen molar-refractivity contribution >= 4 is 5.91 Å². The lowest BCUT2D eigenvalue weighted by Gasteiger charge is -2.36. The number of carbonyl (C=O) groups is 1. The zero-order chi connectivity index (χ0) is 14.5. The van der Waals surface area contributed by atoms with Crippen LogP contribution in [0.4, 0.5) is 13.2 Å². The van der Waals surface area contributed by atoms with E-state index in [0.717, 1.165) is 12.8 Å². The average Bonchev–Trinajstić information content (AvgIpc) is 2.34. The molecule has 0 aliphatic carbocycles. The average molecular weight is 281 g/mol. The molecule has 0 bridgehead atoms. The third-order valence-corrected chi connectivity index (χ3v) is 3.36. The number of rotatable bonds is 5. The van der Waals surface area contributed by atoms with Crippen LogP contribution in [0.1, 0.15) is 19.8 Å². The molecule has 0 saturated carbocycles. The van der Waals surface area contributed by atoms with Gasteiger partial charge in [0.2, 0.25) is 5.91 Å². The van der Waals surface area contributed by atoms with Gasteiger partial charge in [0.1, 0.15) is 0 Å². The molecule has 0 aromatic heterocycles. The molecule has 0 aromatic rings. The Kier molecular flexibility index (Phi) is 6.06. The normalized spacial score (nSPS) is 19.5. The first-order chi connectivity index (χ1) is 8.87. The summed E-state index contributed by atoms with van der Waals surface area (Å²) in [4.78, 5) is 15.1. The highest BCUT2D eigenvalue weighted by Crippen LogP contribution is 2.18. The molecular weight excluding hydrogens is 259 g/mol. The van der Waals surface area contributed by atoms with Crippen LogP contribution < -0.4 is 5.73 Å². The van der Waals surface area contributed by atoms with Crippen molar-refractivity contribution in [2.75, 3.05) is 39.3 Å². The van der Waals surface area contributed by atoms with E-state index in [0.29, 0.717) is 19.6 Å². The van der Waals surface area contributed by atoms with E-state index in [4.69, 9.17) is 5.73 Å². The Morgan fingerprint density at radius 2 is 1.84 bits per heavy atom. The molecule has 1 unspecified atom stereocenters. The second-order valence-corrected chi connectivity index (χ2v) is 4.94. The van der Waals surface area contributed by atoms with Gasteiger partial charge >= 0.3 is 6.18 Å². The Labute approximate surface area is 111 Å².